The molecule has 0 aliphatic heterocycles. The van der Waals surface area contributed by atoms with Crippen LogP contribution in [0, 0.1) is 0 Å². The Balaban J connectivity index is 3.08. The molecule has 1 aromatic rings. The average molecular weight is 287 g/mol. The standard InChI is InChI=1S/C11H17N3O4S/c1-8(15)12-10-7-9(5-6-11(10)18-4)13-19(16,17)14(2)3/h5-7,13H,1-4H3,(H,12,15). The zero-order chi connectivity index (χ0) is 14.6. The molecule has 19 heavy (non-hydrogen) atoms. The van der Waals surface area contributed by atoms with Crippen LogP contribution in [0.3, 0.4) is 0 Å². The summed E-state index contributed by atoms with van der Waals surface area (Å²) in [6.45, 7) is 1.36. The summed E-state index contributed by atoms with van der Waals surface area (Å²) in [5.74, 6) is 0.175. The number of nitrogens with zero attached hydrogens (tertiary/aromatic N) is 1. The fourth-order valence-corrected chi connectivity index (χ4v) is 1.91. The third-order valence-corrected chi connectivity index (χ3v) is 3.69. The number of benzene rings is 1. The van der Waals surface area contributed by atoms with E-state index in [0.717, 1.165) is 4.31 Å². The summed E-state index contributed by atoms with van der Waals surface area (Å²) in [4.78, 5) is 11.1. The van der Waals surface area contributed by atoms with Crippen LogP contribution in [-0.4, -0.2) is 39.8 Å². The maximum atomic E-state index is 11.7. The number of carbonyl (C=O) groups is 1. The van der Waals surface area contributed by atoms with E-state index in [1.165, 1.54) is 34.2 Å². The topological polar surface area (TPSA) is 87.7 Å². The minimum absolute atomic E-state index is 0.272. The van der Waals surface area contributed by atoms with Crippen LogP contribution in [0.5, 0.6) is 5.75 Å². The molecule has 0 spiro atoms. The molecule has 0 radical (unpaired) electrons. The van der Waals surface area contributed by atoms with E-state index in [9.17, 15) is 13.2 Å². The Bertz CT molecular complexity index is 569. The fraction of sp³-hybridized carbons (Fsp3) is 0.364. The van der Waals surface area contributed by atoms with E-state index in [1.54, 1.807) is 12.1 Å². The van der Waals surface area contributed by atoms with Gasteiger partial charge in [0.15, 0.2) is 0 Å². The molecule has 0 aromatic heterocycles. The molecule has 106 valence electrons. The van der Waals surface area contributed by atoms with E-state index in [1.807, 2.05) is 0 Å². The second-order valence-corrected chi connectivity index (χ2v) is 5.87. The lowest BCUT2D eigenvalue weighted by Crippen LogP contribution is -2.28. The van der Waals surface area contributed by atoms with E-state index in [4.69, 9.17) is 4.74 Å². The van der Waals surface area contributed by atoms with Crippen molar-refractivity contribution in [3.05, 3.63) is 18.2 Å². The lowest BCUT2D eigenvalue weighted by molar-refractivity contribution is -0.114. The van der Waals surface area contributed by atoms with Crippen LogP contribution in [0.1, 0.15) is 6.92 Å². The van der Waals surface area contributed by atoms with Crippen LogP contribution in [0.2, 0.25) is 0 Å². The number of nitrogens with one attached hydrogen (secondary N) is 2. The zero-order valence-electron chi connectivity index (χ0n) is 11.2. The van der Waals surface area contributed by atoms with E-state index in [0.29, 0.717) is 17.1 Å². The molecule has 0 bridgehead atoms. The molecule has 1 aromatic carbocycles. The molecule has 1 rings (SSSR count). The van der Waals surface area contributed by atoms with Crippen LogP contribution in [0.25, 0.3) is 0 Å². The number of carbonyl (C=O) groups excluding carboxylic acids is 1. The van der Waals surface area contributed by atoms with E-state index in [2.05, 4.69) is 10.0 Å². The number of ether oxygens (including phenoxy) is 1. The highest BCUT2D eigenvalue weighted by Crippen LogP contribution is 2.28. The molecular formula is C11H17N3O4S. The van der Waals surface area contributed by atoms with Gasteiger partial charge in [-0.05, 0) is 18.2 Å². The van der Waals surface area contributed by atoms with Crippen molar-refractivity contribution in [3.63, 3.8) is 0 Å². The highest BCUT2D eigenvalue weighted by molar-refractivity contribution is 7.90. The van der Waals surface area contributed by atoms with Crippen LogP contribution in [-0.2, 0) is 15.0 Å². The molecule has 0 heterocycles. The Kier molecular flexibility index (Phi) is 4.73. The van der Waals surface area contributed by atoms with Gasteiger partial charge in [0.05, 0.1) is 18.5 Å². The van der Waals surface area contributed by atoms with Gasteiger partial charge >= 0.3 is 10.2 Å². The highest BCUT2D eigenvalue weighted by atomic mass is 32.2. The first kappa shape index (κ1) is 15.3. The predicted molar refractivity (Wildman–Crippen MR) is 73.5 cm³/mol. The molecule has 0 fully saturated rings. The molecule has 0 saturated heterocycles. The van der Waals surface area contributed by atoms with Crippen molar-refractivity contribution in [2.45, 2.75) is 6.92 Å². The van der Waals surface area contributed by atoms with Gasteiger partial charge in [-0.25, -0.2) is 0 Å². The number of methoxy groups -OCH3 is 1. The molecule has 2 N–H and O–H groups in total. The number of anilines is 2. The average Bonchev–Trinajstić information content (AvgIpc) is 2.27. The maximum absolute atomic E-state index is 11.7. The third kappa shape index (κ3) is 4.11. The monoisotopic (exact) mass is 287 g/mol. The summed E-state index contributed by atoms with van der Waals surface area (Å²) in [5.41, 5.74) is 0.729. The summed E-state index contributed by atoms with van der Waals surface area (Å²) < 4.78 is 31.9. The highest BCUT2D eigenvalue weighted by Gasteiger charge is 2.14. The van der Waals surface area contributed by atoms with Crippen LogP contribution >= 0.6 is 0 Å². The van der Waals surface area contributed by atoms with Crippen molar-refractivity contribution < 1.29 is 17.9 Å². The van der Waals surface area contributed by atoms with E-state index < -0.39 is 10.2 Å². The number of rotatable bonds is 5. The van der Waals surface area contributed by atoms with Crippen molar-refractivity contribution in [1.29, 1.82) is 0 Å². The first-order valence-corrected chi connectivity index (χ1v) is 6.86. The quantitative estimate of drug-likeness (QED) is 0.841. The molecule has 0 saturated carbocycles. The predicted octanol–water partition coefficient (Wildman–Crippen LogP) is 0.872. The normalized spacial score (nSPS) is 11.2. The first-order chi connectivity index (χ1) is 8.76. The molecular weight excluding hydrogens is 270 g/mol. The Labute approximate surface area is 112 Å². The number of hydrogen-bond donors (Lipinski definition) is 2. The van der Waals surface area contributed by atoms with Gasteiger partial charge in [0, 0.05) is 21.0 Å². The lowest BCUT2D eigenvalue weighted by atomic mass is 10.2. The lowest BCUT2D eigenvalue weighted by Gasteiger charge is -2.15. The molecule has 0 unspecified atom stereocenters. The van der Waals surface area contributed by atoms with Crippen LogP contribution in [0.15, 0.2) is 18.2 Å². The van der Waals surface area contributed by atoms with E-state index >= 15 is 0 Å². The second kappa shape index (κ2) is 5.89. The molecule has 7 nitrogen and oxygen atoms in total. The van der Waals surface area contributed by atoms with Crippen molar-refractivity contribution in [2.75, 3.05) is 31.2 Å². The Morgan fingerprint density at radius 2 is 1.95 bits per heavy atom. The van der Waals surface area contributed by atoms with Crippen molar-refractivity contribution in [2.24, 2.45) is 0 Å². The van der Waals surface area contributed by atoms with Gasteiger partial charge in [0.25, 0.3) is 0 Å². The molecule has 8 heteroatoms. The van der Waals surface area contributed by atoms with Gasteiger partial charge in [0.1, 0.15) is 5.75 Å². The van der Waals surface area contributed by atoms with Crippen LogP contribution < -0.4 is 14.8 Å². The molecule has 1 amide bonds. The van der Waals surface area contributed by atoms with Crippen molar-refractivity contribution in [1.82, 2.24) is 4.31 Å². The molecule has 0 atom stereocenters. The van der Waals surface area contributed by atoms with Crippen molar-refractivity contribution in [3.8, 4) is 5.75 Å². The first-order valence-electron chi connectivity index (χ1n) is 5.42. The van der Waals surface area contributed by atoms with Gasteiger partial charge in [-0.1, -0.05) is 0 Å². The van der Waals surface area contributed by atoms with Crippen LogP contribution in [0.4, 0.5) is 11.4 Å². The minimum Gasteiger partial charge on any atom is -0.495 e. The smallest absolute Gasteiger partial charge is 0.301 e. The Morgan fingerprint density at radius 3 is 2.42 bits per heavy atom. The zero-order valence-corrected chi connectivity index (χ0v) is 12.0. The van der Waals surface area contributed by atoms with Gasteiger partial charge in [-0.3, -0.25) is 9.52 Å². The van der Waals surface area contributed by atoms with Gasteiger partial charge in [-0.15, -0.1) is 0 Å². The van der Waals surface area contributed by atoms with Gasteiger partial charge < -0.3 is 10.1 Å². The summed E-state index contributed by atoms with van der Waals surface area (Å²) in [6, 6.07) is 4.60. The van der Waals surface area contributed by atoms with Gasteiger partial charge in [0.2, 0.25) is 5.91 Å². The SMILES string of the molecule is COc1ccc(NS(=O)(=O)N(C)C)cc1NC(C)=O. The van der Waals surface area contributed by atoms with Crippen molar-refractivity contribution >= 4 is 27.5 Å². The summed E-state index contributed by atoms with van der Waals surface area (Å²) in [5, 5.41) is 2.57. The number of hydrogen-bond acceptors (Lipinski definition) is 4. The third-order valence-electron chi connectivity index (χ3n) is 2.24. The number of amides is 1. The molecule has 0 aliphatic rings. The fourth-order valence-electron chi connectivity index (χ4n) is 1.30. The summed E-state index contributed by atoms with van der Waals surface area (Å²) in [7, 11) is 0.711. The summed E-state index contributed by atoms with van der Waals surface area (Å²) >= 11 is 0. The van der Waals surface area contributed by atoms with Gasteiger partial charge in [-0.2, -0.15) is 12.7 Å². The largest absolute Gasteiger partial charge is 0.495 e. The Hall–Kier alpha value is -1.80. The maximum Gasteiger partial charge on any atom is 0.301 e. The summed E-state index contributed by atoms with van der Waals surface area (Å²) in [6.07, 6.45) is 0. The second-order valence-electron chi connectivity index (χ2n) is 3.99. The minimum atomic E-state index is -3.59. The van der Waals surface area contributed by atoms with E-state index in [-0.39, 0.29) is 5.91 Å². The molecule has 0 aliphatic carbocycles. The Morgan fingerprint density at radius 1 is 1.32 bits per heavy atom.